The Kier molecular flexibility index (Phi) is 2.74. The Labute approximate surface area is 83.0 Å². The van der Waals surface area contributed by atoms with Gasteiger partial charge < -0.3 is 4.57 Å². The van der Waals surface area contributed by atoms with E-state index in [4.69, 9.17) is 5.14 Å². The monoisotopic (exact) mass is 244 g/mol. The van der Waals surface area contributed by atoms with Crippen LogP contribution in [0.5, 0.6) is 0 Å². The van der Waals surface area contributed by atoms with Crippen molar-refractivity contribution in [2.75, 3.05) is 0 Å². The predicted octanol–water partition coefficient (Wildman–Crippen LogP) is -0.433. The van der Waals surface area contributed by atoms with Crippen LogP contribution in [0.1, 0.15) is 5.82 Å². The van der Waals surface area contributed by atoms with Gasteiger partial charge >= 0.3 is 6.18 Å². The molecule has 15 heavy (non-hydrogen) atoms. The summed E-state index contributed by atoms with van der Waals surface area (Å²) in [5.74, 6) is -0.508. The maximum atomic E-state index is 12.0. The molecule has 86 valence electrons. The van der Waals surface area contributed by atoms with E-state index < -0.39 is 33.6 Å². The van der Waals surface area contributed by atoms with Crippen molar-refractivity contribution in [1.82, 2.24) is 14.8 Å². The largest absolute Gasteiger partial charge is 0.396 e. The Morgan fingerprint density at radius 3 is 2.27 bits per heavy atom. The molecular weight excluding hydrogens is 237 g/mol. The van der Waals surface area contributed by atoms with Crippen molar-refractivity contribution < 1.29 is 21.6 Å². The molecule has 0 fully saturated rings. The maximum Gasteiger partial charge on any atom is 0.396 e. The molecule has 1 aromatic rings. The highest BCUT2D eigenvalue weighted by Gasteiger charge is 2.32. The van der Waals surface area contributed by atoms with Crippen molar-refractivity contribution in [2.45, 2.75) is 17.8 Å². The molecule has 1 aromatic heterocycles. The van der Waals surface area contributed by atoms with Gasteiger partial charge in [0.05, 0.1) is 0 Å². The molecule has 10 heteroatoms. The third-order valence-electron chi connectivity index (χ3n) is 1.54. The first-order valence-electron chi connectivity index (χ1n) is 3.59. The molecular formula is C5H7F3N4O2S. The van der Waals surface area contributed by atoms with Crippen LogP contribution in [0.25, 0.3) is 0 Å². The van der Waals surface area contributed by atoms with E-state index in [1.165, 1.54) is 0 Å². The molecule has 0 aromatic carbocycles. The molecule has 0 radical (unpaired) electrons. The van der Waals surface area contributed by atoms with E-state index in [-0.39, 0.29) is 0 Å². The topological polar surface area (TPSA) is 90.9 Å². The zero-order chi connectivity index (χ0) is 11.9. The quantitative estimate of drug-likeness (QED) is 0.764. The number of nitrogens with zero attached hydrogens (tertiary/aromatic N) is 3. The van der Waals surface area contributed by atoms with Crippen LogP contribution in [0.15, 0.2) is 5.16 Å². The maximum absolute atomic E-state index is 12.0. The van der Waals surface area contributed by atoms with Crippen molar-refractivity contribution >= 4 is 10.0 Å². The number of halogens is 3. The number of sulfonamides is 1. The Morgan fingerprint density at radius 1 is 1.40 bits per heavy atom. The average molecular weight is 244 g/mol. The van der Waals surface area contributed by atoms with Gasteiger partial charge in [0.2, 0.25) is 0 Å². The highest BCUT2D eigenvalue weighted by atomic mass is 32.2. The molecule has 0 aliphatic carbocycles. The first-order valence-corrected chi connectivity index (χ1v) is 5.14. The molecule has 2 N–H and O–H groups in total. The van der Waals surface area contributed by atoms with Gasteiger partial charge in [-0.2, -0.15) is 13.2 Å². The van der Waals surface area contributed by atoms with Crippen LogP contribution in [0.4, 0.5) is 13.2 Å². The van der Waals surface area contributed by atoms with E-state index in [0.717, 1.165) is 7.05 Å². The molecule has 0 bridgehead atoms. The van der Waals surface area contributed by atoms with Crippen LogP contribution in [0.2, 0.25) is 0 Å². The second kappa shape index (κ2) is 3.45. The Balaban J connectivity index is 3.11. The normalized spacial score (nSPS) is 13.1. The molecule has 1 rings (SSSR count). The van der Waals surface area contributed by atoms with E-state index in [0.29, 0.717) is 4.57 Å². The molecule has 0 aliphatic heterocycles. The van der Waals surface area contributed by atoms with Gasteiger partial charge in [-0.1, -0.05) is 0 Å². The summed E-state index contributed by atoms with van der Waals surface area (Å²) in [7, 11) is -3.05. The van der Waals surface area contributed by atoms with Crippen LogP contribution < -0.4 is 5.14 Å². The van der Waals surface area contributed by atoms with Crippen LogP contribution in [-0.4, -0.2) is 29.4 Å². The van der Waals surface area contributed by atoms with Crippen molar-refractivity contribution in [3.63, 3.8) is 0 Å². The minimum absolute atomic E-state index is 0.508. The van der Waals surface area contributed by atoms with E-state index in [1.54, 1.807) is 0 Å². The van der Waals surface area contributed by atoms with Crippen LogP contribution in [0.3, 0.4) is 0 Å². The van der Waals surface area contributed by atoms with Crippen LogP contribution in [0, 0.1) is 0 Å². The number of nitrogens with two attached hydrogens (primary N) is 1. The third-order valence-corrected chi connectivity index (χ3v) is 2.40. The van der Waals surface area contributed by atoms with Gasteiger partial charge in [0.1, 0.15) is 12.2 Å². The lowest BCUT2D eigenvalue weighted by molar-refractivity contribution is -0.129. The Bertz CT molecular complexity index is 463. The average Bonchev–Trinajstić information content (AvgIpc) is 2.27. The lowest BCUT2D eigenvalue weighted by Crippen LogP contribution is -2.20. The molecule has 1 heterocycles. The standard InChI is InChI=1S/C5H7F3N4O2S/c1-12-3(2-5(6,7)8)10-11-4(12)15(9,13)14/h2H2,1H3,(H2,9,13,14). The van der Waals surface area contributed by atoms with E-state index >= 15 is 0 Å². The number of rotatable bonds is 2. The SMILES string of the molecule is Cn1c(CC(F)(F)F)nnc1S(N)(=O)=O. The summed E-state index contributed by atoms with van der Waals surface area (Å²) in [4.78, 5) is 0. The lowest BCUT2D eigenvalue weighted by Gasteiger charge is -2.05. The number of aromatic nitrogens is 3. The van der Waals surface area contributed by atoms with Gasteiger partial charge in [-0.05, 0) is 0 Å². The fourth-order valence-electron chi connectivity index (χ4n) is 0.926. The molecule has 0 saturated carbocycles. The summed E-state index contributed by atoms with van der Waals surface area (Å²) in [6, 6.07) is 0. The first kappa shape index (κ1) is 11.9. The lowest BCUT2D eigenvalue weighted by atomic mass is 10.4. The van der Waals surface area contributed by atoms with Crippen LogP contribution >= 0.6 is 0 Å². The summed E-state index contributed by atoms with van der Waals surface area (Å²) in [6.45, 7) is 0. The molecule has 0 atom stereocenters. The van der Waals surface area contributed by atoms with Gasteiger partial charge in [-0.25, -0.2) is 13.6 Å². The number of primary sulfonamides is 1. The fourth-order valence-corrected chi connectivity index (χ4v) is 1.57. The highest BCUT2D eigenvalue weighted by molar-refractivity contribution is 7.89. The van der Waals surface area contributed by atoms with Crippen molar-refractivity contribution in [2.24, 2.45) is 12.2 Å². The molecule has 6 nitrogen and oxygen atoms in total. The molecule has 0 spiro atoms. The zero-order valence-corrected chi connectivity index (χ0v) is 8.30. The van der Waals surface area contributed by atoms with E-state index in [2.05, 4.69) is 10.2 Å². The summed E-state index contributed by atoms with van der Waals surface area (Å²) in [5.41, 5.74) is 0. The van der Waals surface area contributed by atoms with Gasteiger partial charge in [-0.15, -0.1) is 10.2 Å². The van der Waals surface area contributed by atoms with Crippen LogP contribution in [-0.2, 0) is 23.5 Å². The van der Waals surface area contributed by atoms with Crippen molar-refractivity contribution in [3.8, 4) is 0 Å². The summed E-state index contributed by atoms with van der Waals surface area (Å²) in [5, 5.41) is 10.2. The first-order chi connectivity index (χ1) is 6.61. The molecule has 0 unspecified atom stereocenters. The molecule has 0 aliphatic rings. The third kappa shape index (κ3) is 2.89. The van der Waals surface area contributed by atoms with Gasteiger partial charge in [0.25, 0.3) is 15.2 Å². The van der Waals surface area contributed by atoms with E-state index in [9.17, 15) is 21.6 Å². The minimum atomic E-state index is -4.48. The smallest absolute Gasteiger partial charge is 0.304 e. The highest BCUT2D eigenvalue weighted by Crippen LogP contribution is 2.20. The number of hydrogen-bond donors (Lipinski definition) is 1. The fraction of sp³-hybridized carbons (Fsp3) is 0.600. The Morgan fingerprint density at radius 2 is 1.93 bits per heavy atom. The predicted molar refractivity (Wildman–Crippen MR) is 42.1 cm³/mol. The number of alkyl halides is 3. The summed E-state index contributed by atoms with van der Waals surface area (Å²) < 4.78 is 58.2. The Hall–Kier alpha value is -1.16. The molecule has 0 amide bonds. The minimum Gasteiger partial charge on any atom is -0.304 e. The second-order valence-electron chi connectivity index (χ2n) is 2.79. The molecule has 0 saturated heterocycles. The van der Waals surface area contributed by atoms with Crippen molar-refractivity contribution in [3.05, 3.63) is 5.82 Å². The second-order valence-corrected chi connectivity index (χ2v) is 4.25. The van der Waals surface area contributed by atoms with E-state index in [1.807, 2.05) is 0 Å². The zero-order valence-electron chi connectivity index (χ0n) is 7.48. The van der Waals surface area contributed by atoms with Gasteiger partial charge in [-0.3, -0.25) is 0 Å². The number of hydrogen-bond acceptors (Lipinski definition) is 4. The van der Waals surface area contributed by atoms with Crippen molar-refractivity contribution in [1.29, 1.82) is 0 Å². The van der Waals surface area contributed by atoms with Gasteiger partial charge in [0, 0.05) is 7.05 Å². The van der Waals surface area contributed by atoms with Gasteiger partial charge in [0.15, 0.2) is 0 Å². The summed E-state index contributed by atoms with van der Waals surface area (Å²) in [6.07, 6.45) is -5.83. The summed E-state index contributed by atoms with van der Waals surface area (Å²) >= 11 is 0.